The van der Waals surface area contributed by atoms with E-state index < -0.39 is 0 Å². The molecule has 7 nitrogen and oxygen atoms in total. The number of anilines is 2. The zero-order valence-corrected chi connectivity index (χ0v) is 14.4. The van der Waals surface area contributed by atoms with Crippen LogP contribution in [0.3, 0.4) is 0 Å². The van der Waals surface area contributed by atoms with Gasteiger partial charge in [0.2, 0.25) is 0 Å². The van der Waals surface area contributed by atoms with Gasteiger partial charge in [0.05, 0.1) is 18.7 Å². The van der Waals surface area contributed by atoms with Gasteiger partial charge in [-0.15, -0.1) is 0 Å². The number of carbonyl (C=O) groups excluding carboxylic acids is 2. The van der Waals surface area contributed by atoms with E-state index in [4.69, 9.17) is 5.26 Å². The maximum absolute atomic E-state index is 12.7. The molecule has 0 unspecified atom stereocenters. The predicted octanol–water partition coefficient (Wildman–Crippen LogP) is 2.51. The highest BCUT2D eigenvalue weighted by atomic mass is 16.5. The maximum atomic E-state index is 12.7. The van der Waals surface area contributed by atoms with E-state index >= 15 is 0 Å². The molecule has 1 aliphatic heterocycles. The number of aryl methyl sites for hydroxylation is 1. The highest BCUT2D eigenvalue weighted by molar-refractivity contribution is 6.05. The Morgan fingerprint density at radius 3 is 2.54 bits per heavy atom. The molecule has 0 aliphatic carbocycles. The molecule has 0 atom stereocenters. The summed E-state index contributed by atoms with van der Waals surface area (Å²) in [7, 11) is 1.36. The van der Waals surface area contributed by atoms with Crippen molar-refractivity contribution in [2.24, 2.45) is 0 Å². The fourth-order valence-corrected chi connectivity index (χ4v) is 2.78. The van der Waals surface area contributed by atoms with Crippen molar-refractivity contribution in [3.63, 3.8) is 0 Å². The number of methoxy groups -OCH3 is 1. The number of nitriles is 1. The normalized spacial score (nSPS) is 13.6. The Labute approximate surface area is 151 Å². The Morgan fingerprint density at radius 2 is 1.92 bits per heavy atom. The molecule has 1 aromatic heterocycles. The summed E-state index contributed by atoms with van der Waals surface area (Å²) in [6, 6.07) is 12.5. The zero-order valence-electron chi connectivity index (χ0n) is 14.4. The Morgan fingerprint density at radius 1 is 1.19 bits per heavy atom. The molecule has 1 saturated heterocycles. The first kappa shape index (κ1) is 17.4. The summed E-state index contributed by atoms with van der Waals surface area (Å²) in [6.07, 6.45) is 2.52. The van der Waals surface area contributed by atoms with Crippen LogP contribution in [0.2, 0.25) is 0 Å². The van der Waals surface area contributed by atoms with Crippen LogP contribution in [0.4, 0.5) is 16.3 Å². The Hall–Kier alpha value is -3.40. The Balaban J connectivity index is 1.67. The zero-order chi connectivity index (χ0) is 18.5. The van der Waals surface area contributed by atoms with Gasteiger partial charge >= 0.3 is 12.0 Å². The van der Waals surface area contributed by atoms with E-state index in [1.54, 1.807) is 46.3 Å². The molecule has 0 spiro atoms. The predicted molar refractivity (Wildman–Crippen MR) is 95.8 cm³/mol. The quantitative estimate of drug-likeness (QED) is 0.773. The van der Waals surface area contributed by atoms with Gasteiger partial charge in [-0.1, -0.05) is 6.07 Å². The fourth-order valence-electron chi connectivity index (χ4n) is 2.78. The number of aromatic nitrogens is 1. The summed E-state index contributed by atoms with van der Waals surface area (Å²) in [5, 5.41) is 8.87. The van der Waals surface area contributed by atoms with Crippen LogP contribution in [-0.2, 0) is 16.0 Å². The molecule has 7 heteroatoms. The highest BCUT2D eigenvalue weighted by Gasteiger charge is 2.31. The van der Waals surface area contributed by atoms with Gasteiger partial charge in [0.25, 0.3) is 0 Å². The van der Waals surface area contributed by atoms with Crippen molar-refractivity contribution >= 4 is 23.5 Å². The molecule has 1 aliphatic rings. The lowest BCUT2D eigenvalue weighted by Gasteiger charge is -2.18. The molecule has 26 heavy (non-hydrogen) atoms. The number of urea groups is 1. The topological polar surface area (TPSA) is 86.5 Å². The lowest BCUT2D eigenvalue weighted by molar-refractivity contribution is -0.140. The summed E-state index contributed by atoms with van der Waals surface area (Å²) >= 11 is 0. The van der Waals surface area contributed by atoms with Gasteiger partial charge in [-0.2, -0.15) is 5.26 Å². The maximum Gasteiger partial charge on any atom is 0.330 e. The number of pyridine rings is 1. The average Bonchev–Trinajstić information content (AvgIpc) is 3.08. The first-order valence-corrected chi connectivity index (χ1v) is 8.23. The minimum atomic E-state index is -0.262. The molecule has 2 amide bonds. The Bertz CT molecular complexity index is 841. The highest BCUT2D eigenvalue weighted by Crippen LogP contribution is 2.24. The molecule has 132 valence electrons. The number of carbonyl (C=O) groups is 2. The molecule has 0 bridgehead atoms. The monoisotopic (exact) mass is 350 g/mol. The van der Waals surface area contributed by atoms with E-state index in [0.29, 0.717) is 37.3 Å². The van der Waals surface area contributed by atoms with E-state index in [1.165, 1.54) is 7.11 Å². The summed E-state index contributed by atoms with van der Waals surface area (Å²) in [5.41, 5.74) is 2.22. The van der Waals surface area contributed by atoms with Crippen molar-refractivity contribution in [1.82, 2.24) is 4.98 Å². The van der Waals surface area contributed by atoms with E-state index in [9.17, 15) is 9.59 Å². The molecular formula is C19H18N4O3. The second-order valence-corrected chi connectivity index (χ2v) is 5.85. The smallest absolute Gasteiger partial charge is 0.330 e. The summed E-state index contributed by atoms with van der Waals surface area (Å²) < 4.78 is 4.62. The van der Waals surface area contributed by atoms with Crippen LogP contribution < -0.4 is 9.80 Å². The van der Waals surface area contributed by atoms with Crippen molar-refractivity contribution in [3.8, 4) is 6.07 Å². The second kappa shape index (κ2) is 7.66. The van der Waals surface area contributed by atoms with Gasteiger partial charge in [-0.3, -0.25) is 14.6 Å². The van der Waals surface area contributed by atoms with Crippen LogP contribution in [0.1, 0.15) is 17.5 Å². The van der Waals surface area contributed by atoms with Crippen molar-refractivity contribution in [3.05, 3.63) is 53.7 Å². The molecule has 2 heterocycles. The first-order valence-electron chi connectivity index (χ1n) is 8.23. The van der Waals surface area contributed by atoms with E-state index in [-0.39, 0.29) is 12.0 Å². The first-order chi connectivity index (χ1) is 12.6. The van der Waals surface area contributed by atoms with Crippen LogP contribution >= 0.6 is 0 Å². The summed E-state index contributed by atoms with van der Waals surface area (Å²) in [6.45, 7) is 1.09. The number of benzene rings is 1. The third kappa shape index (κ3) is 3.64. The average molecular weight is 350 g/mol. The summed E-state index contributed by atoms with van der Waals surface area (Å²) in [5.74, 6) is 0.315. The SMILES string of the molecule is COC(=O)CCc1ccc(N2CCN(c3ccc(C#N)cc3)C2=O)nc1. The molecular weight excluding hydrogens is 332 g/mol. The van der Waals surface area contributed by atoms with Gasteiger partial charge in [0, 0.05) is 31.4 Å². The van der Waals surface area contributed by atoms with E-state index in [2.05, 4.69) is 15.8 Å². The van der Waals surface area contributed by atoms with E-state index in [0.717, 1.165) is 11.3 Å². The van der Waals surface area contributed by atoms with Gasteiger partial charge in [-0.25, -0.2) is 9.78 Å². The lowest BCUT2D eigenvalue weighted by atomic mass is 10.1. The number of esters is 1. The number of hydrogen-bond donors (Lipinski definition) is 0. The molecule has 1 aromatic carbocycles. The van der Waals surface area contributed by atoms with Crippen molar-refractivity contribution in [2.75, 3.05) is 30.0 Å². The van der Waals surface area contributed by atoms with Gasteiger partial charge in [0.15, 0.2) is 0 Å². The van der Waals surface area contributed by atoms with Crippen molar-refractivity contribution in [2.45, 2.75) is 12.8 Å². The van der Waals surface area contributed by atoms with Gasteiger partial charge in [0.1, 0.15) is 5.82 Å². The molecule has 0 saturated carbocycles. The van der Waals surface area contributed by atoms with Crippen LogP contribution in [0.15, 0.2) is 42.6 Å². The van der Waals surface area contributed by atoms with Crippen molar-refractivity contribution in [1.29, 1.82) is 5.26 Å². The standard InChI is InChI=1S/C19H18N4O3/c1-26-18(24)9-5-15-4-8-17(21-13-15)23-11-10-22(19(23)25)16-6-2-14(12-20)3-7-16/h2-4,6-8,13H,5,9-11H2,1H3. The number of hydrogen-bond acceptors (Lipinski definition) is 5. The number of amides is 2. The van der Waals surface area contributed by atoms with E-state index in [1.807, 2.05) is 6.07 Å². The fraction of sp³-hybridized carbons (Fsp3) is 0.263. The minimum Gasteiger partial charge on any atom is -0.469 e. The number of ether oxygens (including phenoxy) is 1. The third-order valence-corrected chi connectivity index (χ3v) is 4.25. The lowest BCUT2D eigenvalue weighted by Crippen LogP contribution is -2.32. The van der Waals surface area contributed by atoms with Crippen molar-refractivity contribution < 1.29 is 14.3 Å². The molecule has 3 rings (SSSR count). The number of nitrogens with zero attached hydrogens (tertiary/aromatic N) is 4. The minimum absolute atomic E-state index is 0.149. The van der Waals surface area contributed by atoms with Crippen LogP contribution in [-0.4, -0.2) is 37.2 Å². The van der Waals surface area contributed by atoms with Gasteiger partial charge < -0.3 is 4.74 Å². The molecule has 0 N–H and O–H groups in total. The largest absolute Gasteiger partial charge is 0.469 e. The third-order valence-electron chi connectivity index (χ3n) is 4.25. The second-order valence-electron chi connectivity index (χ2n) is 5.85. The van der Waals surface area contributed by atoms with Crippen LogP contribution in [0, 0.1) is 11.3 Å². The molecule has 0 radical (unpaired) electrons. The Kier molecular flexibility index (Phi) is 5.13. The van der Waals surface area contributed by atoms with Crippen LogP contribution in [0.5, 0.6) is 0 Å². The van der Waals surface area contributed by atoms with Gasteiger partial charge in [-0.05, 0) is 42.3 Å². The number of rotatable bonds is 5. The summed E-state index contributed by atoms with van der Waals surface area (Å²) in [4.78, 5) is 31.5. The molecule has 2 aromatic rings. The molecule has 1 fully saturated rings. The van der Waals surface area contributed by atoms with Crippen LogP contribution in [0.25, 0.3) is 0 Å².